The molecule has 0 bridgehead atoms. The smallest absolute Gasteiger partial charge is 0.303 e. The summed E-state index contributed by atoms with van der Waals surface area (Å²) in [6.07, 6.45) is -1.75. The van der Waals surface area contributed by atoms with Crippen LogP contribution in [-0.4, -0.2) is 45.1 Å². The summed E-state index contributed by atoms with van der Waals surface area (Å²) in [5.74, 6) is -0.0906. The van der Waals surface area contributed by atoms with Crippen LogP contribution in [0.25, 0.3) is 0 Å². The molecule has 1 amide bonds. The third kappa shape index (κ3) is 7.86. The molecular formula is C28H33N3O6S2. The first kappa shape index (κ1) is 29.2. The van der Waals surface area contributed by atoms with Gasteiger partial charge in [0.05, 0.1) is 18.8 Å². The summed E-state index contributed by atoms with van der Waals surface area (Å²) in [7, 11) is 0. The maximum atomic E-state index is 12.2. The molecule has 9 nitrogen and oxygen atoms in total. The van der Waals surface area contributed by atoms with Crippen LogP contribution < -0.4 is 5.32 Å². The van der Waals surface area contributed by atoms with E-state index in [1.807, 2.05) is 55.5 Å². The number of ether oxygens (including phenoxy) is 3. The second-order valence-corrected chi connectivity index (χ2v) is 11.9. The lowest BCUT2D eigenvalue weighted by atomic mass is 9.91. The molecule has 0 spiro atoms. The summed E-state index contributed by atoms with van der Waals surface area (Å²) in [4.78, 5) is 23.2. The minimum Gasteiger partial charge on any atom is -0.453 e. The van der Waals surface area contributed by atoms with Crippen LogP contribution in [-0.2, 0) is 37.0 Å². The number of nitrogens with one attached hydrogen (secondary N) is 1. The van der Waals surface area contributed by atoms with E-state index >= 15 is 0 Å². The third-order valence-corrected chi connectivity index (χ3v) is 8.49. The number of aliphatic hydroxyl groups is 1. The number of aryl methyl sites for hydroxylation is 1. The number of aliphatic hydroxyl groups excluding tert-OH is 1. The van der Waals surface area contributed by atoms with Crippen LogP contribution in [0.1, 0.15) is 60.4 Å². The Hall–Kier alpha value is -2.83. The summed E-state index contributed by atoms with van der Waals surface area (Å²) in [6.45, 7) is 7.16. The topological polar surface area (TPSA) is 120 Å². The minimum absolute atomic E-state index is 0.0108. The normalized spacial score (nSPS) is 21.8. The zero-order valence-corrected chi connectivity index (χ0v) is 24.0. The number of benzene rings is 2. The van der Waals surface area contributed by atoms with Crippen molar-refractivity contribution in [2.24, 2.45) is 5.92 Å². The molecule has 3 aromatic rings. The molecule has 208 valence electrons. The highest BCUT2D eigenvalue weighted by Gasteiger charge is 2.38. The van der Waals surface area contributed by atoms with Crippen molar-refractivity contribution in [1.29, 1.82) is 0 Å². The van der Waals surface area contributed by atoms with Gasteiger partial charge in [-0.3, -0.25) is 9.59 Å². The van der Waals surface area contributed by atoms with E-state index in [4.69, 9.17) is 14.2 Å². The first-order valence-electron chi connectivity index (χ1n) is 12.7. The second kappa shape index (κ2) is 13.5. The van der Waals surface area contributed by atoms with Crippen molar-refractivity contribution in [3.05, 3.63) is 75.8 Å². The Morgan fingerprint density at radius 2 is 1.74 bits per heavy atom. The van der Waals surface area contributed by atoms with Gasteiger partial charge in [-0.05, 0) is 30.5 Å². The lowest BCUT2D eigenvalue weighted by Crippen LogP contribution is -2.38. The number of hydrogen-bond donors (Lipinski definition) is 2. The molecule has 0 radical (unpaired) electrons. The van der Waals surface area contributed by atoms with Gasteiger partial charge in [0.25, 0.3) is 5.91 Å². The molecule has 1 aliphatic rings. The van der Waals surface area contributed by atoms with Gasteiger partial charge in [0.15, 0.2) is 16.7 Å². The van der Waals surface area contributed by atoms with Gasteiger partial charge in [-0.25, -0.2) is 0 Å². The van der Waals surface area contributed by atoms with Crippen LogP contribution in [0.2, 0.25) is 0 Å². The van der Waals surface area contributed by atoms with Gasteiger partial charge < -0.3 is 24.6 Å². The zero-order valence-electron chi connectivity index (χ0n) is 22.3. The number of amides is 1. The molecule has 1 saturated heterocycles. The average molecular weight is 572 g/mol. The van der Waals surface area contributed by atoms with Crippen LogP contribution in [0.15, 0.2) is 52.9 Å². The molecule has 11 heteroatoms. The van der Waals surface area contributed by atoms with E-state index in [-0.39, 0.29) is 30.6 Å². The van der Waals surface area contributed by atoms with Crippen LogP contribution in [0.3, 0.4) is 0 Å². The Kier molecular flexibility index (Phi) is 10.1. The summed E-state index contributed by atoms with van der Waals surface area (Å²) >= 11 is 3.19. The van der Waals surface area contributed by atoms with Crippen LogP contribution >= 0.6 is 23.1 Å². The molecule has 1 fully saturated rings. The number of carbonyl (C=O) groups is 2. The fourth-order valence-corrected chi connectivity index (χ4v) is 6.23. The van der Waals surface area contributed by atoms with Crippen LogP contribution in [0.4, 0.5) is 0 Å². The second-order valence-electron chi connectivity index (χ2n) is 9.43. The fourth-order valence-electron chi connectivity index (χ4n) is 4.23. The highest BCUT2D eigenvalue weighted by molar-refractivity contribution is 8.01. The van der Waals surface area contributed by atoms with Gasteiger partial charge in [0.2, 0.25) is 0 Å². The standard InChI is InChI=1S/C28H33N3O6S2/c1-16-24(15-38-28-31-30-18(3)39-28)36-27(37-25(16)22-9-7-21(14-32)8-10-22)23-11-5-20(6-12-23)13-29-26(34)17(2)35-19(4)33/h5-12,16-17,24-25,27,32H,13-15H2,1-4H3,(H,29,34)/t16-,17-,24+,25+,27?/m0/s1. The summed E-state index contributed by atoms with van der Waals surface area (Å²) in [6, 6.07) is 15.5. The number of rotatable bonds is 10. The third-order valence-electron chi connectivity index (χ3n) is 6.43. The first-order valence-corrected chi connectivity index (χ1v) is 14.5. The van der Waals surface area contributed by atoms with Crippen molar-refractivity contribution in [2.75, 3.05) is 5.75 Å². The molecule has 2 aromatic carbocycles. The quantitative estimate of drug-likeness (QED) is 0.268. The van der Waals surface area contributed by atoms with E-state index in [9.17, 15) is 14.7 Å². The van der Waals surface area contributed by atoms with Gasteiger partial charge in [-0.2, -0.15) is 0 Å². The highest BCUT2D eigenvalue weighted by atomic mass is 32.2. The van der Waals surface area contributed by atoms with E-state index in [0.29, 0.717) is 12.3 Å². The molecular weight excluding hydrogens is 538 g/mol. The Balaban J connectivity index is 1.47. The molecule has 39 heavy (non-hydrogen) atoms. The summed E-state index contributed by atoms with van der Waals surface area (Å²) in [5, 5.41) is 21.5. The molecule has 1 aliphatic heterocycles. The van der Waals surface area contributed by atoms with E-state index in [1.54, 1.807) is 23.1 Å². The number of aromatic nitrogens is 2. The van der Waals surface area contributed by atoms with Gasteiger partial charge in [-0.1, -0.05) is 78.6 Å². The lowest BCUT2D eigenvalue weighted by Gasteiger charge is -2.41. The number of thioether (sulfide) groups is 1. The average Bonchev–Trinajstić information content (AvgIpc) is 3.36. The van der Waals surface area contributed by atoms with Crippen LogP contribution in [0, 0.1) is 12.8 Å². The van der Waals surface area contributed by atoms with E-state index in [0.717, 1.165) is 31.6 Å². The predicted octanol–water partition coefficient (Wildman–Crippen LogP) is 4.49. The van der Waals surface area contributed by atoms with Crippen molar-refractivity contribution >= 4 is 35.0 Å². The maximum absolute atomic E-state index is 12.2. The van der Waals surface area contributed by atoms with Crippen LogP contribution in [0.5, 0.6) is 0 Å². The van der Waals surface area contributed by atoms with Gasteiger partial charge >= 0.3 is 5.97 Å². The monoisotopic (exact) mass is 571 g/mol. The van der Waals surface area contributed by atoms with Crippen molar-refractivity contribution in [2.45, 2.75) is 69.8 Å². The van der Waals surface area contributed by atoms with E-state index in [2.05, 4.69) is 22.4 Å². The SMILES string of the molecule is CC(=O)O[C@@H](C)C(=O)NCc1ccc(C2O[C@H](CSc3nnc(C)s3)[C@H](C)[C@H](c3ccc(CO)cc3)O2)cc1. The minimum atomic E-state index is -0.852. The highest BCUT2D eigenvalue weighted by Crippen LogP contribution is 2.43. The zero-order chi connectivity index (χ0) is 27.9. The Labute approximate surface area is 236 Å². The van der Waals surface area contributed by atoms with Crippen molar-refractivity contribution in [1.82, 2.24) is 15.5 Å². The van der Waals surface area contributed by atoms with Crippen molar-refractivity contribution in [3.63, 3.8) is 0 Å². The summed E-state index contributed by atoms with van der Waals surface area (Å²) in [5.41, 5.74) is 3.62. The molecule has 5 atom stereocenters. The fraction of sp³-hybridized carbons (Fsp3) is 0.429. The first-order chi connectivity index (χ1) is 18.7. The molecule has 1 aromatic heterocycles. The van der Waals surface area contributed by atoms with Gasteiger partial charge in [0, 0.05) is 30.7 Å². The van der Waals surface area contributed by atoms with Crippen molar-refractivity contribution in [3.8, 4) is 0 Å². The maximum Gasteiger partial charge on any atom is 0.303 e. The molecule has 4 rings (SSSR count). The van der Waals surface area contributed by atoms with E-state index < -0.39 is 18.4 Å². The lowest BCUT2D eigenvalue weighted by molar-refractivity contribution is -0.268. The number of nitrogens with zero attached hydrogens (tertiary/aromatic N) is 2. The molecule has 2 N–H and O–H groups in total. The Bertz CT molecular complexity index is 1250. The van der Waals surface area contributed by atoms with E-state index in [1.165, 1.54) is 13.8 Å². The van der Waals surface area contributed by atoms with Gasteiger partial charge in [0.1, 0.15) is 5.01 Å². The largest absolute Gasteiger partial charge is 0.453 e. The Morgan fingerprint density at radius 1 is 1.08 bits per heavy atom. The molecule has 1 unspecified atom stereocenters. The van der Waals surface area contributed by atoms with Crippen molar-refractivity contribution < 1.29 is 28.9 Å². The predicted molar refractivity (Wildman–Crippen MR) is 148 cm³/mol. The molecule has 2 heterocycles. The number of carbonyl (C=O) groups excluding carboxylic acids is 2. The number of esters is 1. The Morgan fingerprint density at radius 3 is 2.36 bits per heavy atom. The summed E-state index contributed by atoms with van der Waals surface area (Å²) < 4.78 is 18.8. The number of hydrogen-bond acceptors (Lipinski definition) is 10. The molecule has 0 aliphatic carbocycles. The van der Waals surface area contributed by atoms with Gasteiger partial charge in [-0.15, -0.1) is 10.2 Å². The molecule has 0 saturated carbocycles.